The third-order valence-electron chi connectivity index (χ3n) is 1.68. The molecule has 14 heavy (non-hydrogen) atoms. The molecule has 0 atom stereocenters. The maximum Gasteiger partial charge on any atom is 0.151 e. The van der Waals surface area contributed by atoms with Crippen LogP contribution in [-0.4, -0.2) is 19.3 Å². The van der Waals surface area contributed by atoms with Gasteiger partial charge in [0.15, 0.2) is 6.29 Å². The highest BCUT2D eigenvalue weighted by molar-refractivity contribution is 6.19. The first-order valence-electron chi connectivity index (χ1n) is 4.00. The summed E-state index contributed by atoms with van der Waals surface area (Å²) in [6.07, 6.45) is 0.762. The van der Waals surface area contributed by atoms with Crippen molar-refractivity contribution in [2.75, 3.05) is 13.0 Å². The van der Waals surface area contributed by atoms with Crippen molar-refractivity contribution >= 4 is 17.9 Å². The number of rotatable bonds is 2. The Hall–Kier alpha value is -1.46. The Labute approximate surface area is 87.8 Å². The molecule has 0 saturated heterocycles. The van der Waals surface area contributed by atoms with Gasteiger partial charge in [0, 0.05) is 11.1 Å². The van der Waals surface area contributed by atoms with E-state index in [-0.39, 0.29) is 5.88 Å². The van der Waals surface area contributed by atoms with E-state index < -0.39 is 0 Å². The Morgan fingerprint density at radius 2 is 2.36 bits per heavy atom. The molecule has 0 aromatic heterocycles. The summed E-state index contributed by atoms with van der Waals surface area (Å²) in [6, 6.07) is 5.10. The van der Waals surface area contributed by atoms with E-state index in [1.54, 1.807) is 25.3 Å². The van der Waals surface area contributed by atoms with Crippen molar-refractivity contribution in [2.24, 2.45) is 0 Å². The minimum atomic E-state index is 0.246. The molecule has 2 nitrogen and oxygen atoms in total. The Morgan fingerprint density at radius 3 is 2.93 bits per heavy atom. The molecule has 0 fully saturated rings. The van der Waals surface area contributed by atoms with Gasteiger partial charge in [-0.15, -0.1) is 11.6 Å². The molecule has 72 valence electrons. The fourth-order valence-corrected chi connectivity index (χ4v) is 1.07. The molecule has 0 saturated carbocycles. The molecule has 3 heteroatoms. The molecule has 0 aliphatic heterocycles. The van der Waals surface area contributed by atoms with Crippen LogP contribution < -0.4 is 4.74 Å². The first-order chi connectivity index (χ1) is 6.81. The van der Waals surface area contributed by atoms with Gasteiger partial charge in [0.05, 0.1) is 13.0 Å². The van der Waals surface area contributed by atoms with E-state index in [1.807, 2.05) is 0 Å². The van der Waals surface area contributed by atoms with Crippen molar-refractivity contribution in [3.05, 3.63) is 29.3 Å². The number of carbonyl (C=O) groups is 1. The summed E-state index contributed by atoms with van der Waals surface area (Å²) in [5.41, 5.74) is 1.18. The van der Waals surface area contributed by atoms with Crippen LogP contribution in [0.3, 0.4) is 0 Å². The second-order valence-corrected chi connectivity index (χ2v) is 2.77. The lowest BCUT2D eigenvalue weighted by atomic mass is 10.1. The van der Waals surface area contributed by atoms with Crippen LogP contribution in [0.4, 0.5) is 0 Å². The number of benzene rings is 1. The molecule has 0 bridgehead atoms. The van der Waals surface area contributed by atoms with Gasteiger partial charge in [-0.3, -0.25) is 4.79 Å². The zero-order valence-electron chi connectivity index (χ0n) is 7.71. The molecule has 0 N–H and O–H groups in total. The Morgan fingerprint density at radius 1 is 1.57 bits per heavy atom. The summed E-state index contributed by atoms with van der Waals surface area (Å²) in [5, 5.41) is 0. The van der Waals surface area contributed by atoms with E-state index in [1.165, 1.54) is 0 Å². The lowest BCUT2D eigenvalue weighted by Crippen LogP contribution is -1.90. The second-order valence-electron chi connectivity index (χ2n) is 2.51. The summed E-state index contributed by atoms with van der Waals surface area (Å²) >= 11 is 5.43. The molecule has 0 aliphatic rings. The predicted molar refractivity (Wildman–Crippen MR) is 56.0 cm³/mol. The summed E-state index contributed by atoms with van der Waals surface area (Å²) in [7, 11) is 1.56. The van der Waals surface area contributed by atoms with Crippen molar-refractivity contribution in [1.29, 1.82) is 0 Å². The van der Waals surface area contributed by atoms with Crippen LogP contribution in [0.15, 0.2) is 18.2 Å². The van der Waals surface area contributed by atoms with Crippen molar-refractivity contribution < 1.29 is 9.53 Å². The molecule has 1 rings (SSSR count). The van der Waals surface area contributed by atoms with Crippen LogP contribution >= 0.6 is 11.6 Å². The molecule has 0 unspecified atom stereocenters. The number of halogens is 1. The van der Waals surface area contributed by atoms with Crippen LogP contribution in [0.1, 0.15) is 15.9 Å². The van der Waals surface area contributed by atoms with Gasteiger partial charge < -0.3 is 4.74 Å². The van der Waals surface area contributed by atoms with Crippen LogP contribution in [0.25, 0.3) is 0 Å². The van der Waals surface area contributed by atoms with Crippen molar-refractivity contribution in [1.82, 2.24) is 0 Å². The Bertz CT molecular complexity index is 388. The van der Waals surface area contributed by atoms with Crippen LogP contribution in [0.5, 0.6) is 5.75 Å². The van der Waals surface area contributed by atoms with E-state index >= 15 is 0 Å². The lowest BCUT2D eigenvalue weighted by molar-refractivity contribution is 0.112. The fraction of sp³-hybridized carbons (Fsp3) is 0.182. The smallest absolute Gasteiger partial charge is 0.151 e. The normalized spacial score (nSPS) is 8.71. The van der Waals surface area contributed by atoms with Gasteiger partial charge in [-0.25, -0.2) is 0 Å². The van der Waals surface area contributed by atoms with Gasteiger partial charge in [0.1, 0.15) is 5.75 Å². The maximum absolute atomic E-state index is 10.6. The van der Waals surface area contributed by atoms with Crippen molar-refractivity contribution in [3.63, 3.8) is 0 Å². The van der Waals surface area contributed by atoms with Gasteiger partial charge in [-0.05, 0) is 18.2 Å². The van der Waals surface area contributed by atoms with Crippen molar-refractivity contribution in [2.45, 2.75) is 0 Å². The fourth-order valence-electron chi connectivity index (χ4n) is 1.00. The Kier molecular flexibility index (Phi) is 4.03. The number of ether oxygens (including phenoxy) is 1. The zero-order chi connectivity index (χ0) is 10.4. The first kappa shape index (κ1) is 10.6. The first-order valence-corrected chi connectivity index (χ1v) is 4.53. The number of aldehydes is 1. The van der Waals surface area contributed by atoms with Gasteiger partial charge in [0.25, 0.3) is 0 Å². The summed E-state index contributed by atoms with van der Waals surface area (Å²) < 4.78 is 5.02. The molecular formula is C11H9ClO2. The highest BCUT2D eigenvalue weighted by atomic mass is 35.5. The molecule has 0 aliphatic carbocycles. The average molecular weight is 209 g/mol. The van der Waals surface area contributed by atoms with E-state index in [4.69, 9.17) is 16.3 Å². The number of carbonyl (C=O) groups excluding carboxylic acids is 1. The van der Waals surface area contributed by atoms with Crippen LogP contribution in [-0.2, 0) is 0 Å². The van der Waals surface area contributed by atoms with Gasteiger partial charge in [0.2, 0.25) is 0 Å². The summed E-state index contributed by atoms with van der Waals surface area (Å²) in [6.45, 7) is 0. The Balaban J connectivity index is 3.14. The minimum Gasteiger partial charge on any atom is -0.497 e. The van der Waals surface area contributed by atoms with Crippen LogP contribution in [0.2, 0.25) is 0 Å². The number of alkyl halides is 1. The van der Waals surface area contributed by atoms with Gasteiger partial charge in [-0.2, -0.15) is 0 Å². The molecule has 1 aromatic carbocycles. The summed E-state index contributed by atoms with van der Waals surface area (Å²) in [5.74, 6) is 6.41. The topological polar surface area (TPSA) is 26.3 Å². The molecule has 0 radical (unpaired) electrons. The quantitative estimate of drug-likeness (QED) is 0.423. The number of hydrogen-bond acceptors (Lipinski definition) is 2. The van der Waals surface area contributed by atoms with E-state index in [9.17, 15) is 4.79 Å². The van der Waals surface area contributed by atoms with Gasteiger partial charge >= 0.3 is 0 Å². The molecular weight excluding hydrogens is 200 g/mol. The summed E-state index contributed by atoms with van der Waals surface area (Å²) in [4.78, 5) is 10.6. The molecule has 0 spiro atoms. The highest BCUT2D eigenvalue weighted by Gasteiger charge is 2.00. The van der Waals surface area contributed by atoms with Crippen LogP contribution in [0, 0.1) is 11.8 Å². The molecule has 0 amide bonds. The second kappa shape index (κ2) is 5.31. The maximum atomic E-state index is 10.6. The minimum absolute atomic E-state index is 0.246. The van der Waals surface area contributed by atoms with E-state index in [0.29, 0.717) is 16.9 Å². The third kappa shape index (κ3) is 2.51. The number of hydrogen-bond donors (Lipinski definition) is 0. The molecule has 1 aromatic rings. The monoisotopic (exact) mass is 208 g/mol. The van der Waals surface area contributed by atoms with E-state index in [0.717, 1.165) is 6.29 Å². The SMILES string of the molecule is COc1ccc(C=O)c(C#CCCl)c1. The largest absolute Gasteiger partial charge is 0.497 e. The third-order valence-corrected chi connectivity index (χ3v) is 1.81. The zero-order valence-corrected chi connectivity index (χ0v) is 8.47. The average Bonchev–Trinajstić information content (AvgIpc) is 2.25. The standard InChI is InChI=1S/C11H9ClO2/c1-14-11-5-4-10(8-13)9(7-11)3-2-6-12/h4-5,7-8H,6H2,1H3. The van der Waals surface area contributed by atoms with Gasteiger partial charge in [-0.1, -0.05) is 11.8 Å². The molecule has 0 heterocycles. The predicted octanol–water partition coefficient (Wildman–Crippen LogP) is 2.10. The van der Waals surface area contributed by atoms with Crippen molar-refractivity contribution in [3.8, 4) is 17.6 Å². The number of methoxy groups -OCH3 is 1. The highest BCUT2D eigenvalue weighted by Crippen LogP contribution is 2.15. The lowest BCUT2D eigenvalue weighted by Gasteiger charge is -2.01. The van der Waals surface area contributed by atoms with E-state index in [2.05, 4.69) is 11.8 Å².